The van der Waals surface area contributed by atoms with Crippen LogP contribution in [0.15, 0.2) is 24.3 Å². The summed E-state index contributed by atoms with van der Waals surface area (Å²) in [4.78, 5) is 28.3. The number of rotatable bonds is 4. The zero-order chi connectivity index (χ0) is 23.3. The Morgan fingerprint density at radius 2 is 1.94 bits per heavy atom. The first kappa shape index (κ1) is 23.3. The number of methoxy groups -OCH3 is 1. The third-order valence-electron chi connectivity index (χ3n) is 3.66. The first-order chi connectivity index (χ1) is 14.4. The highest BCUT2D eigenvalue weighted by atomic mass is 19.2. The average Bonchev–Trinajstić information content (AvgIpc) is 2.66. The van der Waals surface area contributed by atoms with Crippen LogP contribution in [0.1, 0.15) is 26.3 Å². The Morgan fingerprint density at radius 1 is 1.29 bits per heavy atom. The van der Waals surface area contributed by atoms with Crippen molar-refractivity contribution >= 4 is 23.3 Å². The van der Waals surface area contributed by atoms with Crippen LogP contribution in [-0.2, 0) is 4.74 Å². The Morgan fingerprint density at radius 3 is 2.52 bits per heavy atom. The molecular formula is C20H20F2N4O5. The molecule has 0 aliphatic carbocycles. The van der Waals surface area contributed by atoms with Crippen LogP contribution in [0.4, 0.5) is 30.8 Å². The van der Waals surface area contributed by atoms with Gasteiger partial charge in [0.05, 0.1) is 29.8 Å². The largest absolute Gasteiger partial charge is 0.481 e. The summed E-state index contributed by atoms with van der Waals surface area (Å²) in [6.07, 6.45) is -0.955. The molecule has 2 N–H and O–H groups in total. The molecule has 0 spiro atoms. The van der Waals surface area contributed by atoms with Gasteiger partial charge < -0.3 is 15.2 Å². The Bertz CT molecular complexity index is 1070. The molecule has 0 fully saturated rings. The summed E-state index contributed by atoms with van der Waals surface area (Å²) in [7, 11) is 1.31. The normalized spacial score (nSPS) is 10.6. The zero-order valence-electron chi connectivity index (χ0n) is 17.2. The van der Waals surface area contributed by atoms with Crippen LogP contribution in [0.3, 0.4) is 0 Å². The predicted molar refractivity (Wildman–Crippen MR) is 109 cm³/mol. The molecular weight excluding hydrogens is 414 g/mol. The molecule has 2 rings (SSSR count). The van der Waals surface area contributed by atoms with Crippen molar-refractivity contribution in [1.82, 2.24) is 4.98 Å². The number of carbonyl (C=O) groups is 1. The maximum atomic E-state index is 13.5. The van der Waals surface area contributed by atoms with Gasteiger partial charge in [-0.25, -0.2) is 18.5 Å². The van der Waals surface area contributed by atoms with E-state index in [2.05, 4.69) is 16.8 Å². The quantitative estimate of drug-likeness (QED) is 0.337. The molecule has 9 nitrogen and oxygen atoms in total. The van der Waals surface area contributed by atoms with E-state index >= 15 is 0 Å². The number of benzene rings is 1. The van der Waals surface area contributed by atoms with Gasteiger partial charge in [-0.15, -0.1) is 0 Å². The van der Waals surface area contributed by atoms with Crippen LogP contribution < -0.4 is 15.4 Å². The molecule has 31 heavy (non-hydrogen) atoms. The number of halogens is 2. The number of nitrogen functional groups attached to an aromatic ring is 1. The summed E-state index contributed by atoms with van der Waals surface area (Å²) >= 11 is 0. The summed E-state index contributed by atoms with van der Waals surface area (Å²) < 4.78 is 37.0. The lowest BCUT2D eigenvalue weighted by molar-refractivity contribution is -0.384. The number of ether oxygens (including phenoxy) is 2. The highest BCUT2D eigenvalue weighted by Gasteiger charge is 2.30. The van der Waals surface area contributed by atoms with Gasteiger partial charge in [-0.05, 0) is 26.8 Å². The van der Waals surface area contributed by atoms with Crippen LogP contribution in [0.25, 0.3) is 0 Å². The standard InChI is InChI=1S/C20H20F2N4O5/c1-20(2,3)31-19(27)25(18-16(26(28)29)7-8-17(24-18)30-4)9-5-6-12-10-13(21)14(22)11-15(12)23/h7-8,10-11H,9,23H2,1-4H3. The number of aromatic nitrogens is 1. The summed E-state index contributed by atoms with van der Waals surface area (Å²) in [5.74, 6) is 2.47. The Balaban J connectivity index is 2.50. The molecule has 0 radical (unpaired) electrons. The van der Waals surface area contributed by atoms with Gasteiger partial charge in [0.1, 0.15) is 5.60 Å². The summed E-state index contributed by atoms with van der Waals surface area (Å²) in [6.45, 7) is 4.42. The number of nitrogens with two attached hydrogens (primary N) is 1. The molecule has 164 valence electrons. The smallest absolute Gasteiger partial charge is 0.417 e. The highest BCUT2D eigenvalue weighted by Crippen LogP contribution is 2.29. The first-order valence-electron chi connectivity index (χ1n) is 8.86. The maximum Gasteiger partial charge on any atom is 0.417 e. The van der Waals surface area contributed by atoms with Gasteiger partial charge in [-0.2, -0.15) is 4.98 Å². The fourth-order valence-electron chi connectivity index (χ4n) is 2.31. The highest BCUT2D eigenvalue weighted by molar-refractivity contribution is 5.90. The minimum absolute atomic E-state index is 0.0175. The van der Waals surface area contributed by atoms with Gasteiger partial charge in [-0.1, -0.05) is 11.8 Å². The summed E-state index contributed by atoms with van der Waals surface area (Å²) in [5.41, 5.74) is 4.10. The number of hydrogen-bond donors (Lipinski definition) is 1. The van der Waals surface area contributed by atoms with E-state index in [1.165, 1.54) is 13.2 Å². The summed E-state index contributed by atoms with van der Waals surface area (Å²) in [6, 6.07) is 3.98. The molecule has 2 aromatic rings. The van der Waals surface area contributed by atoms with E-state index in [9.17, 15) is 23.7 Å². The second-order valence-electron chi connectivity index (χ2n) is 7.18. The number of amides is 1. The zero-order valence-corrected chi connectivity index (χ0v) is 17.2. The first-order valence-corrected chi connectivity index (χ1v) is 8.86. The Hall–Kier alpha value is -3.94. The summed E-state index contributed by atoms with van der Waals surface area (Å²) in [5, 5.41) is 11.5. The van der Waals surface area contributed by atoms with Crippen molar-refractivity contribution in [2.24, 2.45) is 0 Å². The molecule has 1 heterocycles. The second kappa shape index (κ2) is 9.25. The van der Waals surface area contributed by atoms with Gasteiger partial charge in [0, 0.05) is 18.2 Å². The molecule has 1 aromatic carbocycles. The molecule has 0 aliphatic rings. The number of pyridine rings is 1. The lowest BCUT2D eigenvalue weighted by Crippen LogP contribution is -2.38. The second-order valence-corrected chi connectivity index (χ2v) is 7.18. The third-order valence-corrected chi connectivity index (χ3v) is 3.66. The molecule has 1 amide bonds. The minimum Gasteiger partial charge on any atom is -0.481 e. The Kier molecular flexibility index (Phi) is 6.97. The van der Waals surface area contributed by atoms with E-state index in [0.29, 0.717) is 0 Å². The van der Waals surface area contributed by atoms with Gasteiger partial charge >= 0.3 is 11.8 Å². The van der Waals surface area contributed by atoms with Gasteiger partial charge in [-0.3, -0.25) is 10.1 Å². The van der Waals surface area contributed by atoms with Crippen LogP contribution in [0.5, 0.6) is 5.88 Å². The van der Waals surface area contributed by atoms with Crippen molar-refractivity contribution in [2.45, 2.75) is 26.4 Å². The average molecular weight is 434 g/mol. The van der Waals surface area contributed by atoms with E-state index in [-0.39, 0.29) is 22.9 Å². The van der Waals surface area contributed by atoms with Crippen molar-refractivity contribution in [2.75, 3.05) is 24.3 Å². The molecule has 0 aliphatic heterocycles. The number of carbonyl (C=O) groups excluding carboxylic acids is 1. The molecule has 0 atom stereocenters. The van der Waals surface area contributed by atoms with E-state index in [1.807, 2.05) is 0 Å². The molecule has 0 saturated carbocycles. The topological polar surface area (TPSA) is 121 Å². The van der Waals surface area contributed by atoms with Crippen molar-refractivity contribution in [1.29, 1.82) is 0 Å². The van der Waals surface area contributed by atoms with E-state index in [4.69, 9.17) is 15.2 Å². The van der Waals surface area contributed by atoms with Crippen molar-refractivity contribution in [3.8, 4) is 17.7 Å². The van der Waals surface area contributed by atoms with Crippen LogP contribution in [0.2, 0.25) is 0 Å². The van der Waals surface area contributed by atoms with E-state index in [1.54, 1.807) is 20.8 Å². The van der Waals surface area contributed by atoms with Gasteiger partial charge in [0.25, 0.3) is 0 Å². The minimum atomic E-state index is -1.15. The van der Waals surface area contributed by atoms with E-state index < -0.39 is 40.5 Å². The number of anilines is 2. The van der Waals surface area contributed by atoms with Crippen molar-refractivity contribution in [3.63, 3.8) is 0 Å². The fraction of sp³-hybridized carbons (Fsp3) is 0.300. The van der Waals surface area contributed by atoms with Crippen LogP contribution >= 0.6 is 0 Å². The maximum absolute atomic E-state index is 13.5. The lowest BCUT2D eigenvalue weighted by atomic mass is 10.1. The van der Waals surface area contributed by atoms with Crippen LogP contribution in [0, 0.1) is 33.6 Å². The number of nitro groups is 1. The van der Waals surface area contributed by atoms with Crippen molar-refractivity contribution in [3.05, 3.63) is 51.6 Å². The molecule has 11 heteroatoms. The fourth-order valence-corrected chi connectivity index (χ4v) is 2.31. The monoisotopic (exact) mass is 434 g/mol. The van der Waals surface area contributed by atoms with Crippen LogP contribution in [-0.4, -0.2) is 35.3 Å². The van der Waals surface area contributed by atoms with Gasteiger partial charge in [0.2, 0.25) is 11.7 Å². The Labute approximate surface area is 176 Å². The molecule has 0 saturated heterocycles. The van der Waals surface area contributed by atoms with E-state index in [0.717, 1.165) is 23.1 Å². The predicted octanol–water partition coefficient (Wildman–Crippen LogP) is 3.65. The molecule has 1 aromatic heterocycles. The molecule has 0 bridgehead atoms. The molecule has 0 unspecified atom stereocenters. The lowest BCUT2D eigenvalue weighted by Gasteiger charge is -2.25. The van der Waals surface area contributed by atoms with Gasteiger partial charge in [0.15, 0.2) is 11.6 Å². The number of hydrogen-bond acceptors (Lipinski definition) is 7. The number of nitrogens with zero attached hydrogens (tertiary/aromatic N) is 3. The SMILES string of the molecule is COc1ccc([N+](=O)[O-])c(N(CC#Cc2cc(F)c(F)cc2N)C(=O)OC(C)(C)C)n1. The van der Waals surface area contributed by atoms with Crippen molar-refractivity contribution < 1.29 is 28.0 Å². The third kappa shape index (κ3) is 6.02.